The van der Waals surface area contributed by atoms with Crippen LogP contribution in [0.3, 0.4) is 0 Å². The largest absolute Gasteiger partial charge is 0.489 e. The molecule has 0 saturated heterocycles. The number of rotatable bonds is 6. The Morgan fingerprint density at radius 3 is 2.48 bits per heavy atom. The van der Waals surface area contributed by atoms with E-state index in [-0.39, 0.29) is 0 Å². The van der Waals surface area contributed by atoms with Crippen LogP contribution in [-0.4, -0.2) is 4.99 Å². The number of para-hydroxylation sites is 1. The van der Waals surface area contributed by atoms with Crippen molar-refractivity contribution in [1.29, 1.82) is 0 Å². The van der Waals surface area contributed by atoms with Crippen LogP contribution in [0.2, 0.25) is 0 Å². The van der Waals surface area contributed by atoms with Crippen LogP contribution in [0.4, 0.5) is 5.69 Å². The Balaban J connectivity index is 2.15. The lowest BCUT2D eigenvalue weighted by molar-refractivity contribution is 0.304. The topological polar surface area (TPSA) is 21.3 Å². The summed E-state index contributed by atoms with van der Waals surface area (Å²) in [5, 5.41) is 3.29. The molecule has 0 fully saturated rings. The fourth-order valence-corrected chi connectivity index (χ4v) is 2.66. The smallest absolute Gasteiger partial charge is 0.123 e. The van der Waals surface area contributed by atoms with Gasteiger partial charge in [-0.05, 0) is 55.5 Å². The van der Waals surface area contributed by atoms with Crippen LogP contribution in [-0.2, 0) is 13.0 Å². The van der Waals surface area contributed by atoms with Gasteiger partial charge < -0.3 is 10.1 Å². The lowest BCUT2D eigenvalue weighted by atomic mass is 10.0. The zero-order valence-electron chi connectivity index (χ0n) is 14.4. The lowest BCUT2D eigenvalue weighted by Crippen LogP contribution is -2.10. The van der Waals surface area contributed by atoms with Gasteiger partial charge in [-0.1, -0.05) is 50.3 Å². The van der Waals surface area contributed by atoms with E-state index in [1.807, 2.05) is 18.2 Å². The number of benzene rings is 2. The molecular formula is C20H25NOS. The Hall–Kier alpha value is -1.87. The zero-order chi connectivity index (χ0) is 16.8. The van der Waals surface area contributed by atoms with E-state index in [0.717, 1.165) is 34.8 Å². The third-order valence-corrected chi connectivity index (χ3v) is 4.40. The maximum absolute atomic E-state index is 6.08. The summed E-state index contributed by atoms with van der Waals surface area (Å²) in [7, 11) is 0. The van der Waals surface area contributed by atoms with Crippen molar-refractivity contribution in [2.75, 3.05) is 5.32 Å². The van der Waals surface area contributed by atoms with Crippen molar-refractivity contribution in [1.82, 2.24) is 0 Å². The van der Waals surface area contributed by atoms with Crippen LogP contribution in [0.1, 0.15) is 42.5 Å². The van der Waals surface area contributed by atoms with Gasteiger partial charge in [0.25, 0.3) is 0 Å². The molecular weight excluding hydrogens is 302 g/mol. The van der Waals surface area contributed by atoms with E-state index in [0.29, 0.717) is 6.61 Å². The van der Waals surface area contributed by atoms with E-state index in [9.17, 15) is 0 Å². The predicted molar refractivity (Wildman–Crippen MR) is 103 cm³/mol. The van der Waals surface area contributed by atoms with Crippen molar-refractivity contribution in [3.8, 4) is 5.75 Å². The van der Waals surface area contributed by atoms with E-state index >= 15 is 0 Å². The minimum atomic E-state index is 0.529. The molecule has 2 nitrogen and oxygen atoms in total. The molecule has 0 aliphatic rings. The molecule has 0 amide bonds. The fourth-order valence-electron chi connectivity index (χ4n) is 2.55. The number of hydrogen-bond donors (Lipinski definition) is 1. The molecule has 0 aliphatic carbocycles. The Morgan fingerprint density at radius 1 is 1.04 bits per heavy atom. The summed E-state index contributed by atoms with van der Waals surface area (Å²) in [5.41, 5.74) is 5.98. The predicted octanol–water partition coefficient (Wildman–Crippen LogP) is 5.59. The summed E-state index contributed by atoms with van der Waals surface area (Å²) in [5.74, 6) is 0.951. The number of thiocarbonyl (C=S) groups is 1. The molecule has 122 valence electrons. The highest BCUT2D eigenvalue weighted by Crippen LogP contribution is 2.25. The van der Waals surface area contributed by atoms with Crippen molar-refractivity contribution in [3.63, 3.8) is 0 Å². The molecule has 23 heavy (non-hydrogen) atoms. The summed E-state index contributed by atoms with van der Waals surface area (Å²) < 4.78 is 6.08. The first-order valence-electron chi connectivity index (χ1n) is 8.15. The summed E-state index contributed by atoms with van der Waals surface area (Å²) >= 11 is 5.29. The molecule has 2 aromatic rings. The average molecular weight is 327 g/mol. The Morgan fingerprint density at radius 2 is 1.78 bits per heavy atom. The van der Waals surface area contributed by atoms with Crippen LogP contribution in [0.25, 0.3) is 0 Å². The highest BCUT2D eigenvalue weighted by Gasteiger charge is 2.07. The van der Waals surface area contributed by atoms with Gasteiger partial charge >= 0.3 is 0 Å². The quantitative estimate of drug-likeness (QED) is 0.698. The number of anilines is 1. The first-order valence-corrected chi connectivity index (χ1v) is 8.56. The van der Waals surface area contributed by atoms with Gasteiger partial charge in [-0.2, -0.15) is 0 Å². The van der Waals surface area contributed by atoms with E-state index in [1.54, 1.807) is 0 Å². The van der Waals surface area contributed by atoms with Gasteiger partial charge in [0, 0.05) is 11.3 Å². The first kappa shape index (κ1) is 17.5. The number of nitrogens with one attached hydrogen (secondary N) is 1. The maximum Gasteiger partial charge on any atom is 0.123 e. The number of hydrogen-bond acceptors (Lipinski definition) is 2. The zero-order valence-corrected chi connectivity index (χ0v) is 15.2. The molecule has 0 unspecified atom stereocenters. The molecule has 0 spiro atoms. The average Bonchev–Trinajstić information content (AvgIpc) is 2.56. The van der Waals surface area contributed by atoms with Gasteiger partial charge in [0.15, 0.2) is 0 Å². The third kappa shape index (κ3) is 4.55. The van der Waals surface area contributed by atoms with Gasteiger partial charge in [0.2, 0.25) is 0 Å². The molecule has 0 heterocycles. The highest BCUT2D eigenvalue weighted by atomic mass is 32.1. The van der Waals surface area contributed by atoms with E-state index < -0.39 is 0 Å². The maximum atomic E-state index is 6.08. The molecule has 2 rings (SSSR count). The van der Waals surface area contributed by atoms with E-state index in [4.69, 9.17) is 17.0 Å². The minimum absolute atomic E-state index is 0.529. The summed E-state index contributed by atoms with van der Waals surface area (Å²) in [4.78, 5) is 0.844. The molecule has 3 heteroatoms. The van der Waals surface area contributed by atoms with Gasteiger partial charge in [0.05, 0.1) is 4.99 Å². The van der Waals surface area contributed by atoms with Crippen molar-refractivity contribution in [2.45, 2.75) is 47.1 Å². The van der Waals surface area contributed by atoms with Crippen molar-refractivity contribution in [3.05, 3.63) is 58.7 Å². The van der Waals surface area contributed by atoms with Crippen LogP contribution in [0.5, 0.6) is 5.75 Å². The van der Waals surface area contributed by atoms with E-state index in [1.165, 1.54) is 16.7 Å². The van der Waals surface area contributed by atoms with Gasteiger partial charge in [0.1, 0.15) is 12.4 Å². The van der Waals surface area contributed by atoms with Crippen LogP contribution in [0.15, 0.2) is 36.4 Å². The molecule has 1 N–H and O–H groups in total. The lowest BCUT2D eigenvalue weighted by Gasteiger charge is -2.15. The monoisotopic (exact) mass is 327 g/mol. The second kappa shape index (κ2) is 8.11. The molecule has 2 aromatic carbocycles. The van der Waals surface area contributed by atoms with Gasteiger partial charge in [-0.3, -0.25) is 0 Å². The Kier molecular flexibility index (Phi) is 6.17. The summed E-state index contributed by atoms with van der Waals surface area (Å²) in [6.07, 6.45) is 1.88. The van der Waals surface area contributed by atoms with Crippen LogP contribution in [0, 0.1) is 13.8 Å². The van der Waals surface area contributed by atoms with Crippen molar-refractivity contribution >= 4 is 22.9 Å². The van der Waals surface area contributed by atoms with Crippen molar-refractivity contribution < 1.29 is 4.74 Å². The van der Waals surface area contributed by atoms with Crippen LogP contribution >= 0.6 is 12.2 Å². The minimum Gasteiger partial charge on any atom is -0.489 e. The SMILES string of the molecule is CCC(=S)Nc1ccccc1COc1cc(C)c(CC)cc1C. The Labute approximate surface area is 144 Å². The van der Waals surface area contributed by atoms with Gasteiger partial charge in [-0.25, -0.2) is 0 Å². The Bertz CT molecular complexity index is 694. The second-order valence-corrected chi connectivity index (χ2v) is 6.24. The number of aryl methyl sites for hydroxylation is 3. The molecule has 0 saturated carbocycles. The molecule has 0 radical (unpaired) electrons. The normalized spacial score (nSPS) is 10.4. The van der Waals surface area contributed by atoms with Crippen LogP contribution < -0.4 is 10.1 Å². The van der Waals surface area contributed by atoms with Crippen molar-refractivity contribution in [2.24, 2.45) is 0 Å². The summed E-state index contributed by atoms with van der Waals surface area (Å²) in [6.45, 7) is 9.00. The number of ether oxygens (including phenoxy) is 1. The fraction of sp³-hybridized carbons (Fsp3) is 0.350. The second-order valence-electron chi connectivity index (χ2n) is 5.75. The van der Waals surface area contributed by atoms with E-state index in [2.05, 4.69) is 51.2 Å². The molecule has 0 atom stereocenters. The van der Waals surface area contributed by atoms with Gasteiger partial charge in [-0.15, -0.1) is 0 Å². The standard InChI is InChI=1S/C20H25NOS/c1-5-16-11-15(4)19(12-14(16)3)22-13-17-9-7-8-10-18(17)21-20(23)6-2/h7-12H,5-6,13H2,1-4H3,(H,21,23). The first-order chi connectivity index (χ1) is 11.0. The highest BCUT2D eigenvalue weighted by molar-refractivity contribution is 7.80. The molecule has 0 aromatic heterocycles. The third-order valence-electron chi connectivity index (χ3n) is 4.01. The molecule has 0 bridgehead atoms. The molecule has 0 aliphatic heterocycles. The summed E-state index contributed by atoms with van der Waals surface area (Å²) in [6, 6.07) is 12.5.